The number of hydrogen-bond donors (Lipinski definition) is 0. The van der Waals surface area contributed by atoms with Gasteiger partial charge in [0.25, 0.3) is 10.0 Å². The number of sulfonamides is 1. The van der Waals surface area contributed by atoms with Gasteiger partial charge in [0, 0.05) is 18.1 Å². The van der Waals surface area contributed by atoms with E-state index in [1.165, 1.54) is 19.1 Å². The highest BCUT2D eigenvalue weighted by Crippen LogP contribution is 2.45. The normalized spacial score (nSPS) is 17.7. The minimum atomic E-state index is -4.09. The van der Waals surface area contributed by atoms with E-state index in [-0.39, 0.29) is 4.90 Å². The number of hydrogen-bond acceptors (Lipinski definition) is 6. The van der Waals surface area contributed by atoms with Crippen molar-refractivity contribution in [2.75, 3.05) is 4.31 Å². The van der Waals surface area contributed by atoms with Crippen LogP contribution >= 0.6 is 0 Å². The van der Waals surface area contributed by atoms with Gasteiger partial charge in [0.2, 0.25) is 6.17 Å². The summed E-state index contributed by atoms with van der Waals surface area (Å²) in [5.74, 6) is -0.714. The van der Waals surface area contributed by atoms with Crippen molar-refractivity contribution in [3.63, 3.8) is 0 Å². The van der Waals surface area contributed by atoms with Gasteiger partial charge in [0.15, 0.2) is 0 Å². The van der Waals surface area contributed by atoms with E-state index in [2.05, 4.69) is 6.58 Å². The quantitative estimate of drug-likeness (QED) is 0.514. The Morgan fingerprint density at radius 2 is 1.70 bits per heavy atom. The van der Waals surface area contributed by atoms with Crippen molar-refractivity contribution in [2.45, 2.75) is 43.5 Å². The van der Waals surface area contributed by atoms with Gasteiger partial charge in [-0.25, -0.2) is 12.7 Å². The molecule has 1 aliphatic rings. The number of anilines is 1. The Morgan fingerprint density at radius 3 is 2.27 bits per heavy atom. The molecule has 0 spiro atoms. The van der Waals surface area contributed by atoms with Crippen LogP contribution < -0.4 is 4.31 Å². The molecule has 0 unspecified atom stereocenters. The van der Waals surface area contributed by atoms with E-state index in [1.807, 2.05) is 0 Å². The summed E-state index contributed by atoms with van der Waals surface area (Å²) in [5.41, 5.74) is 1.31. The van der Waals surface area contributed by atoms with Crippen LogP contribution in [0.5, 0.6) is 0 Å². The number of nitrogens with zero attached hydrogens (tertiary/aromatic N) is 2. The van der Waals surface area contributed by atoms with Crippen LogP contribution in [-0.4, -0.2) is 34.3 Å². The third-order valence-corrected chi connectivity index (χ3v) is 7.86. The lowest BCUT2D eigenvalue weighted by Gasteiger charge is -2.37. The Hall–Kier alpha value is -2.33. The summed E-state index contributed by atoms with van der Waals surface area (Å²) in [6, 6.07) is 14.8. The Labute approximate surface area is 180 Å². The highest BCUT2D eigenvalue weighted by Gasteiger charge is 2.52. The maximum atomic E-state index is 13.6. The van der Waals surface area contributed by atoms with Crippen LogP contribution in [0.15, 0.2) is 66.1 Å². The number of fused-ring (bicyclic) bond motifs is 1. The topological polar surface area (TPSA) is 90.0 Å². The molecule has 1 heterocycles. The third-order valence-electron chi connectivity index (χ3n) is 4.43. The molecule has 2 aromatic rings. The second-order valence-electron chi connectivity index (χ2n) is 7.76. The van der Waals surface area contributed by atoms with Gasteiger partial charge in [0.05, 0.1) is 26.4 Å². The number of benzene rings is 2. The van der Waals surface area contributed by atoms with Crippen molar-refractivity contribution in [3.05, 3.63) is 66.7 Å². The lowest BCUT2D eigenvalue weighted by molar-refractivity contribution is -0.169. The predicted molar refractivity (Wildman–Crippen MR) is 117 cm³/mol. The predicted octanol–water partition coefficient (Wildman–Crippen LogP) is 3.48. The number of para-hydroxylation sites is 1. The average molecular weight is 449 g/mol. The number of carbonyl (C=O) groups is 1. The second-order valence-corrected chi connectivity index (χ2v) is 11.7. The highest BCUT2D eigenvalue weighted by molar-refractivity contribution is 7.93. The van der Waals surface area contributed by atoms with Crippen LogP contribution in [0, 0.1) is 0 Å². The van der Waals surface area contributed by atoms with Gasteiger partial charge in [-0.15, -0.1) is 0 Å². The summed E-state index contributed by atoms with van der Waals surface area (Å²) in [6.45, 7) is 10.4. The largest absolute Gasteiger partial charge is 0.595 e. The van der Waals surface area contributed by atoms with Crippen molar-refractivity contribution >= 4 is 38.6 Å². The molecule has 9 heteroatoms. The van der Waals surface area contributed by atoms with Crippen molar-refractivity contribution < 1.29 is 22.6 Å². The first kappa shape index (κ1) is 22.4. The maximum Gasteiger partial charge on any atom is 0.327 e. The van der Waals surface area contributed by atoms with Crippen LogP contribution in [0.3, 0.4) is 0 Å². The summed E-state index contributed by atoms with van der Waals surface area (Å²) in [4.78, 5) is 17.2. The van der Waals surface area contributed by atoms with Crippen LogP contribution in [0.25, 0.3) is 5.57 Å². The smallest absolute Gasteiger partial charge is 0.327 e. The minimum absolute atomic E-state index is 0.0591. The van der Waals surface area contributed by atoms with E-state index >= 15 is 0 Å². The monoisotopic (exact) mass is 448 g/mol. The van der Waals surface area contributed by atoms with Gasteiger partial charge in [-0.1, -0.05) is 43.0 Å². The summed E-state index contributed by atoms with van der Waals surface area (Å²) in [7, 11) is -4.09. The molecule has 1 aliphatic heterocycles. The van der Waals surface area contributed by atoms with Crippen molar-refractivity contribution in [3.8, 4) is 0 Å². The molecule has 0 saturated heterocycles. The minimum Gasteiger partial charge on any atom is -0.595 e. The Bertz CT molecular complexity index is 1060. The molecule has 0 bridgehead atoms. The zero-order valence-corrected chi connectivity index (χ0v) is 18.9. The van der Waals surface area contributed by atoms with E-state index in [1.54, 1.807) is 63.2 Å². The van der Waals surface area contributed by atoms with E-state index in [0.29, 0.717) is 16.8 Å². The summed E-state index contributed by atoms with van der Waals surface area (Å²) >= 11 is -1.88. The van der Waals surface area contributed by atoms with Gasteiger partial charge in [-0.05, 0) is 39.0 Å². The molecule has 30 heavy (non-hydrogen) atoms. The molecule has 0 aromatic heterocycles. The molecular formula is C21H24N2O5S2. The average Bonchev–Trinajstić information content (AvgIpc) is 2.99. The first-order chi connectivity index (χ1) is 14.0. The van der Waals surface area contributed by atoms with Gasteiger partial charge in [-0.2, -0.15) is 0 Å². The Balaban J connectivity index is 2.22. The lowest BCUT2D eigenvalue weighted by Crippen LogP contribution is -2.55. The fourth-order valence-corrected chi connectivity index (χ4v) is 5.90. The van der Waals surface area contributed by atoms with Crippen molar-refractivity contribution in [1.82, 2.24) is 4.47 Å². The van der Waals surface area contributed by atoms with Crippen LogP contribution in [0.4, 0.5) is 5.69 Å². The molecule has 0 amide bonds. The fraction of sp³-hybridized carbons (Fsp3) is 0.286. The summed E-state index contributed by atoms with van der Waals surface area (Å²) in [5, 5.41) is 0. The molecule has 0 N–H and O–H groups in total. The van der Waals surface area contributed by atoms with Gasteiger partial charge >= 0.3 is 5.97 Å². The third kappa shape index (κ3) is 3.98. The van der Waals surface area contributed by atoms with E-state index < -0.39 is 38.3 Å². The van der Waals surface area contributed by atoms with Crippen molar-refractivity contribution in [2.24, 2.45) is 0 Å². The number of hydroxylamine groups is 1. The summed E-state index contributed by atoms with van der Waals surface area (Å²) in [6.07, 6.45) is -1.20. The first-order valence-electron chi connectivity index (χ1n) is 9.23. The molecule has 160 valence electrons. The van der Waals surface area contributed by atoms with E-state index in [0.717, 1.165) is 8.77 Å². The SMILES string of the molecule is C=C1c2ccccc2N(S(=O)(=O)c2ccccc2)[C@H]1N(OC(C)=O)[S@+]([O-])C(C)(C)C. The maximum absolute atomic E-state index is 13.6. The lowest BCUT2D eigenvalue weighted by atomic mass is 10.1. The van der Waals surface area contributed by atoms with Crippen LogP contribution in [0.2, 0.25) is 0 Å². The molecule has 0 saturated carbocycles. The van der Waals surface area contributed by atoms with E-state index in [9.17, 15) is 17.8 Å². The second kappa shape index (κ2) is 8.07. The molecule has 3 rings (SSSR count). The standard InChI is InChI=1S/C21H24N2O5S2/c1-15-18-13-9-10-14-19(18)22(30(26,27)17-11-7-6-8-12-17)20(15)23(28-16(2)24)29(25)21(3,4)5/h6-14,20H,1H2,2-5H3/t20-,29+/m0/s1. The van der Waals surface area contributed by atoms with Gasteiger partial charge < -0.3 is 9.39 Å². The number of carbonyl (C=O) groups excluding carboxylic acids is 1. The molecule has 2 aromatic carbocycles. The van der Waals surface area contributed by atoms with Crippen molar-refractivity contribution in [1.29, 1.82) is 0 Å². The highest BCUT2D eigenvalue weighted by atomic mass is 32.2. The summed E-state index contributed by atoms with van der Waals surface area (Å²) < 4.78 is 41.8. The molecule has 0 aliphatic carbocycles. The zero-order valence-electron chi connectivity index (χ0n) is 17.2. The fourth-order valence-electron chi connectivity index (χ4n) is 3.10. The molecular weight excluding hydrogens is 424 g/mol. The molecule has 0 radical (unpaired) electrons. The van der Waals surface area contributed by atoms with Gasteiger partial charge in [0.1, 0.15) is 4.75 Å². The van der Waals surface area contributed by atoms with E-state index in [4.69, 9.17) is 4.84 Å². The Kier molecular flexibility index (Phi) is 6.01. The van der Waals surface area contributed by atoms with Crippen LogP contribution in [0.1, 0.15) is 33.3 Å². The Morgan fingerprint density at radius 1 is 1.13 bits per heavy atom. The zero-order chi connectivity index (χ0) is 22.3. The first-order valence-corrected chi connectivity index (χ1v) is 11.8. The van der Waals surface area contributed by atoms with Crippen LogP contribution in [-0.2, 0) is 31.0 Å². The van der Waals surface area contributed by atoms with Gasteiger partial charge in [-0.3, -0.25) is 4.79 Å². The molecule has 7 nitrogen and oxygen atoms in total. The molecule has 2 atom stereocenters. The number of rotatable bonds is 5. The molecule has 0 fully saturated rings.